The van der Waals surface area contributed by atoms with E-state index in [1.165, 1.54) is 12.3 Å². The molecule has 5 nitrogen and oxygen atoms in total. The van der Waals surface area contributed by atoms with Gasteiger partial charge in [-0.3, -0.25) is 10.1 Å². The van der Waals surface area contributed by atoms with Crippen molar-refractivity contribution in [3.8, 4) is 0 Å². The Bertz CT molecular complexity index is 617. The van der Waals surface area contributed by atoms with Gasteiger partial charge in [-0.25, -0.2) is 4.98 Å². The molecule has 0 aliphatic heterocycles. The second kappa shape index (κ2) is 5.67. The van der Waals surface area contributed by atoms with Gasteiger partial charge in [0.15, 0.2) is 0 Å². The Kier molecular flexibility index (Phi) is 3.97. The van der Waals surface area contributed by atoms with Crippen molar-refractivity contribution in [1.82, 2.24) is 4.98 Å². The first-order chi connectivity index (χ1) is 9.06. The number of anilines is 1. The lowest BCUT2D eigenvalue weighted by Crippen LogP contribution is -2.04. The number of aryl methyl sites for hydroxylation is 1. The van der Waals surface area contributed by atoms with E-state index < -0.39 is 4.92 Å². The molecule has 6 heteroatoms. The van der Waals surface area contributed by atoms with Gasteiger partial charge in [0.2, 0.25) is 5.82 Å². The predicted octanol–water partition coefficient (Wildman–Crippen LogP) is 3.56. The molecule has 1 aromatic carbocycles. The van der Waals surface area contributed by atoms with Crippen LogP contribution in [-0.2, 0) is 6.54 Å². The number of halogens is 1. The van der Waals surface area contributed by atoms with Gasteiger partial charge in [-0.05, 0) is 12.5 Å². The molecule has 0 aliphatic rings. The van der Waals surface area contributed by atoms with E-state index in [1.54, 1.807) is 0 Å². The van der Waals surface area contributed by atoms with Crippen molar-refractivity contribution in [2.24, 2.45) is 0 Å². The fraction of sp³-hybridized carbons (Fsp3) is 0.154. The molecule has 0 fully saturated rings. The standard InChI is InChI=1S/C13H12ClN3O2/c1-9-3-2-4-10(5-9)7-15-13-12(17(18)19)6-11(14)8-16-13/h2-6,8H,7H2,1H3,(H,15,16). The van der Waals surface area contributed by atoms with Crippen LogP contribution in [0.1, 0.15) is 11.1 Å². The summed E-state index contributed by atoms with van der Waals surface area (Å²) in [5, 5.41) is 14.1. The van der Waals surface area contributed by atoms with E-state index in [-0.39, 0.29) is 16.5 Å². The van der Waals surface area contributed by atoms with Crippen LogP contribution in [0, 0.1) is 17.0 Å². The zero-order valence-electron chi connectivity index (χ0n) is 10.3. The number of nitrogens with one attached hydrogen (secondary N) is 1. The largest absolute Gasteiger partial charge is 0.360 e. The molecule has 2 aromatic rings. The molecular formula is C13H12ClN3O2. The molecule has 0 saturated heterocycles. The van der Waals surface area contributed by atoms with Crippen LogP contribution in [0.15, 0.2) is 36.5 Å². The molecule has 0 saturated carbocycles. The number of nitrogens with zero attached hydrogens (tertiary/aromatic N) is 2. The third kappa shape index (κ3) is 3.42. The Hall–Kier alpha value is -2.14. The molecule has 2 rings (SSSR count). The Morgan fingerprint density at radius 3 is 2.89 bits per heavy atom. The number of pyridine rings is 1. The lowest BCUT2D eigenvalue weighted by molar-refractivity contribution is -0.384. The molecule has 0 atom stereocenters. The van der Waals surface area contributed by atoms with Crippen molar-refractivity contribution in [3.05, 3.63) is 62.8 Å². The van der Waals surface area contributed by atoms with Gasteiger partial charge < -0.3 is 5.32 Å². The zero-order valence-corrected chi connectivity index (χ0v) is 11.0. The number of hydrogen-bond donors (Lipinski definition) is 1. The summed E-state index contributed by atoms with van der Waals surface area (Å²) in [6.45, 7) is 2.46. The minimum Gasteiger partial charge on any atom is -0.360 e. The van der Waals surface area contributed by atoms with Gasteiger partial charge >= 0.3 is 5.69 Å². The van der Waals surface area contributed by atoms with Crippen LogP contribution in [-0.4, -0.2) is 9.91 Å². The highest BCUT2D eigenvalue weighted by atomic mass is 35.5. The quantitative estimate of drug-likeness (QED) is 0.685. The van der Waals surface area contributed by atoms with E-state index >= 15 is 0 Å². The maximum Gasteiger partial charge on any atom is 0.312 e. The van der Waals surface area contributed by atoms with Gasteiger partial charge in [0.1, 0.15) is 0 Å². The van der Waals surface area contributed by atoms with E-state index in [9.17, 15) is 10.1 Å². The zero-order chi connectivity index (χ0) is 13.8. The first-order valence-corrected chi connectivity index (χ1v) is 6.03. The summed E-state index contributed by atoms with van der Waals surface area (Å²) in [7, 11) is 0. The van der Waals surface area contributed by atoms with Gasteiger partial charge in [-0.2, -0.15) is 0 Å². The van der Waals surface area contributed by atoms with Gasteiger partial charge in [0, 0.05) is 18.8 Å². The Morgan fingerprint density at radius 1 is 1.42 bits per heavy atom. The van der Waals surface area contributed by atoms with Gasteiger partial charge in [0.05, 0.1) is 9.95 Å². The summed E-state index contributed by atoms with van der Waals surface area (Å²) in [6.07, 6.45) is 1.38. The number of benzene rings is 1. The smallest absolute Gasteiger partial charge is 0.312 e. The van der Waals surface area contributed by atoms with E-state index in [4.69, 9.17) is 11.6 Å². The summed E-state index contributed by atoms with van der Waals surface area (Å²) < 4.78 is 0. The molecular weight excluding hydrogens is 266 g/mol. The summed E-state index contributed by atoms with van der Waals surface area (Å²) in [5.41, 5.74) is 2.05. The number of hydrogen-bond acceptors (Lipinski definition) is 4. The minimum atomic E-state index is -0.503. The maximum absolute atomic E-state index is 10.9. The lowest BCUT2D eigenvalue weighted by atomic mass is 10.1. The number of aromatic nitrogens is 1. The normalized spacial score (nSPS) is 10.2. The predicted molar refractivity (Wildman–Crippen MR) is 74.4 cm³/mol. The Balaban J connectivity index is 2.17. The van der Waals surface area contributed by atoms with Crippen LogP contribution in [0.2, 0.25) is 5.02 Å². The van der Waals surface area contributed by atoms with Gasteiger partial charge in [0.25, 0.3) is 0 Å². The maximum atomic E-state index is 10.9. The van der Waals surface area contributed by atoms with Crippen LogP contribution in [0.4, 0.5) is 11.5 Å². The van der Waals surface area contributed by atoms with Crippen molar-refractivity contribution in [3.63, 3.8) is 0 Å². The van der Waals surface area contributed by atoms with E-state index in [0.717, 1.165) is 11.1 Å². The summed E-state index contributed by atoms with van der Waals surface area (Å²) >= 11 is 5.70. The van der Waals surface area contributed by atoms with Gasteiger partial charge in [-0.15, -0.1) is 0 Å². The highest BCUT2D eigenvalue weighted by Gasteiger charge is 2.15. The molecule has 0 spiro atoms. The highest BCUT2D eigenvalue weighted by Crippen LogP contribution is 2.25. The molecule has 0 aliphatic carbocycles. The van der Waals surface area contributed by atoms with Crippen molar-refractivity contribution in [2.45, 2.75) is 13.5 Å². The van der Waals surface area contributed by atoms with Crippen LogP contribution in [0.5, 0.6) is 0 Å². The van der Waals surface area contributed by atoms with Crippen molar-refractivity contribution < 1.29 is 4.92 Å². The van der Waals surface area contributed by atoms with E-state index in [1.807, 2.05) is 31.2 Å². The molecule has 0 unspecified atom stereocenters. The van der Waals surface area contributed by atoms with Crippen LogP contribution in [0.25, 0.3) is 0 Å². The van der Waals surface area contributed by atoms with Crippen LogP contribution in [0.3, 0.4) is 0 Å². The monoisotopic (exact) mass is 277 g/mol. The topological polar surface area (TPSA) is 68.1 Å². The Morgan fingerprint density at radius 2 is 2.21 bits per heavy atom. The first-order valence-electron chi connectivity index (χ1n) is 5.65. The number of rotatable bonds is 4. The van der Waals surface area contributed by atoms with Crippen molar-refractivity contribution in [1.29, 1.82) is 0 Å². The molecule has 1 N–H and O–H groups in total. The first kappa shape index (κ1) is 13.3. The molecule has 98 valence electrons. The number of nitro groups is 1. The highest BCUT2D eigenvalue weighted by molar-refractivity contribution is 6.30. The fourth-order valence-electron chi connectivity index (χ4n) is 1.71. The second-order valence-corrected chi connectivity index (χ2v) is 4.56. The van der Waals surface area contributed by atoms with Gasteiger partial charge in [-0.1, -0.05) is 41.4 Å². The van der Waals surface area contributed by atoms with E-state index in [2.05, 4.69) is 10.3 Å². The third-order valence-electron chi connectivity index (χ3n) is 2.57. The molecule has 0 radical (unpaired) electrons. The summed E-state index contributed by atoms with van der Waals surface area (Å²) in [6, 6.07) is 9.17. The molecule has 19 heavy (non-hydrogen) atoms. The average molecular weight is 278 g/mol. The minimum absolute atomic E-state index is 0.125. The second-order valence-electron chi connectivity index (χ2n) is 4.12. The SMILES string of the molecule is Cc1cccc(CNc2ncc(Cl)cc2[N+](=O)[O-])c1. The molecule has 0 bridgehead atoms. The molecule has 1 aromatic heterocycles. The van der Waals surface area contributed by atoms with E-state index in [0.29, 0.717) is 6.54 Å². The summed E-state index contributed by atoms with van der Waals surface area (Å²) in [4.78, 5) is 14.4. The lowest BCUT2D eigenvalue weighted by Gasteiger charge is -2.07. The molecule has 1 heterocycles. The fourth-order valence-corrected chi connectivity index (χ4v) is 1.86. The van der Waals surface area contributed by atoms with Crippen molar-refractivity contribution >= 4 is 23.1 Å². The third-order valence-corrected chi connectivity index (χ3v) is 2.78. The van der Waals surface area contributed by atoms with Crippen LogP contribution < -0.4 is 5.32 Å². The average Bonchev–Trinajstić information content (AvgIpc) is 2.37. The van der Waals surface area contributed by atoms with Crippen LogP contribution >= 0.6 is 11.6 Å². The molecule has 0 amide bonds. The Labute approximate surface area is 115 Å². The summed E-state index contributed by atoms with van der Waals surface area (Å²) in [5.74, 6) is 0.218. The van der Waals surface area contributed by atoms with Crippen molar-refractivity contribution in [2.75, 3.05) is 5.32 Å².